The molecule has 1 N–H and O–H groups in total. The van der Waals surface area contributed by atoms with Gasteiger partial charge in [-0.05, 0) is 54.4 Å². The molecule has 3 aromatic rings. The Morgan fingerprint density at radius 1 is 1.05 bits per heavy atom. The SMILES string of the molecule is Cc1ccc(NCc2cc(Cl)cc(Cl)c2)c2cccnc12. The third kappa shape index (κ3) is 3.12. The Bertz CT molecular complexity index is 780. The smallest absolute Gasteiger partial charge is 0.0751 e. The van der Waals surface area contributed by atoms with Gasteiger partial charge in [0.05, 0.1) is 5.52 Å². The number of nitrogens with one attached hydrogen (secondary N) is 1. The molecule has 1 aromatic heterocycles. The number of aryl methyl sites for hydroxylation is 1. The summed E-state index contributed by atoms with van der Waals surface area (Å²) in [5.74, 6) is 0. The summed E-state index contributed by atoms with van der Waals surface area (Å²) in [6.45, 7) is 2.73. The number of anilines is 1. The Kier molecular flexibility index (Phi) is 4.00. The maximum atomic E-state index is 6.03. The molecule has 2 aromatic carbocycles. The van der Waals surface area contributed by atoms with Gasteiger partial charge >= 0.3 is 0 Å². The van der Waals surface area contributed by atoms with Crippen molar-refractivity contribution in [2.24, 2.45) is 0 Å². The van der Waals surface area contributed by atoms with Crippen LogP contribution in [0.5, 0.6) is 0 Å². The fraction of sp³-hybridized carbons (Fsp3) is 0.118. The van der Waals surface area contributed by atoms with E-state index in [0.717, 1.165) is 22.2 Å². The molecule has 4 heteroatoms. The molecule has 0 radical (unpaired) electrons. The summed E-state index contributed by atoms with van der Waals surface area (Å²) in [5, 5.41) is 5.84. The van der Waals surface area contributed by atoms with Crippen LogP contribution in [0.1, 0.15) is 11.1 Å². The molecule has 0 saturated carbocycles. The van der Waals surface area contributed by atoms with Crippen molar-refractivity contribution in [3.8, 4) is 0 Å². The van der Waals surface area contributed by atoms with Gasteiger partial charge in [-0.2, -0.15) is 0 Å². The van der Waals surface area contributed by atoms with E-state index in [4.69, 9.17) is 23.2 Å². The Morgan fingerprint density at radius 2 is 1.81 bits per heavy atom. The van der Waals surface area contributed by atoms with Crippen LogP contribution in [-0.2, 0) is 6.54 Å². The van der Waals surface area contributed by atoms with Crippen molar-refractivity contribution in [1.29, 1.82) is 0 Å². The normalized spacial score (nSPS) is 10.8. The topological polar surface area (TPSA) is 24.9 Å². The number of fused-ring (bicyclic) bond motifs is 1. The predicted molar refractivity (Wildman–Crippen MR) is 90.3 cm³/mol. The van der Waals surface area contributed by atoms with Crippen molar-refractivity contribution >= 4 is 39.8 Å². The number of benzene rings is 2. The van der Waals surface area contributed by atoms with E-state index in [1.54, 1.807) is 6.07 Å². The van der Waals surface area contributed by atoms with E-state index < -0.39 is 0 Å². The number of pyridine rings is 1. The first-order valence-electron chi connectivity index (χ1n) is 6.66. The molecule has 0 aliphatic rings. The van der Waals surface area contributed by atoms with Crippen LogP contribution in [0.25, 0.3) is 10.9 Å². The fourth-order valence-corrected chi connectivity index (χ4v) is 2.95. The summed E-state index contributed by atoms with van der Waals surface area (Å²) in [4.78, 5) is 4.44. The van der Waals surface area contributed by atoms with E-state index in [1.165, 1.54) is 5.56 Å². The molecule has 0 fully saturated rings. The zero-order chi connectivity index (χ0) is 14.8. The number of rotatable bonds is 3. The van der Waals surface area contributed by atoms with Crippen LogP contribution in [0.2, 0.25) is 10.0 Å². The van der Waals surface area contributed by atoms with Gasteiger partial charge in [-0.15, -0.1) is 0 Å². The van der Waals surface area contributed by atoms with Gasteiger partial charge in [-0.3, -0.25) is 4.98 Å². The van der Waals surface area contributed by atoms with Crippen molar-refractivity contribution in [3.63, 3.8) is 0 Å². The van der Waals surface area contributed by atoms with Gasteiger partial charge in [0, 0.05) is 33.9 Å². The highest BCUT2D eigenvalue weighted by atomic mass is 35.5. The van der Waals surface area contributed by atoms with Gasteiger partial charge in [-0.1, -0.05) is 29.3 Å². The van der Waals surface area contributed by atoms with Crippen LogP contribution >= 0.6 is 23.2 Å². The van der Waals surface area contributed by atoms with Gasteiger partial charge in [-0.25, -0.2) is 0 Å². The highest BCUT2D eigenvalue weighted by molar-refractivity contribution is 6.34. The Hall–Kier alpha value is -1.77. The van der Waals surface area contributed by atoms with Crippen molar-refractivity contribution < 1.29 is 0 Å². The highest BCUT2D eigenvalue weighted by Gasteiger charge is 2.05. The van der Waals surface area contributed by atoms with Crippen molar-refractivity contribution in [3.05, 3.63) is 69.8 Å². The van der Waals surface area contributed by atoms with Gasteiger partial charge in [0.2, 0.25) is 0 Å². The molecule has 0 amide bonds. The first-order chi connectivity index (χ1) is 10.1. The fourth-order valence-electron chi connectivity index (χ4n) is 2.38. The summed E-state index contributed by atoms with van der Waals surface area (Å²) in [6, 6.07) is 13.7. The summed E-state index contributed by atoms with van der Waals surface area (Å²) in [7, 11) is 0. The lowest BCUT2D eigenvalue weighted by atomic mass is 10.1. The third-order valence-corrected chi connectivity index (χ3v) is 3.81. The number of halogens is 2. The summed E-state index contributed by atoms with van der Waals surface area (Å²) in [6.07, 6.45) is 1.82. The standard InChI is InChI=1S/C17H14Cl2N2/c1-11-4-5-16(15-3-2-6-20-17(11)15)21-10-12-7-13(18)9-14(19)8-12/h2-9,21H,10H2,1H3. The molecule has 3 rings (SSSR count). The second kappa shape index (κ2) is 5.92. The maximum absolute atomic E-state index is 6.03. The largest absolute Gasteiger partial charge is 0.380 e. The van der Waals surface area contributed by atoms with E-state index in [0.29, 0.717) is 16.6 Å². The average molecular weight is 317 g/mol. The van der Waals surface area contributed by atoms with Crippen molar-refractivity contribution in [2.75, 3.05) is 5.32 Å². The minimum absolute atomic E-state index is 0.648. The highest BCUT2D eigenvalue weighted by Crippen LogP contribution is 2.26. The first-order valence-corrected chi connectivity index (χ1v) is 7.42. The Balaban J connectivity index is 1.90. The van der Waals surface area contributed by atoms with Crippen LogP contribution < -0.4 is 5.32 Å². The lowest BCUT2D eigenvalue weighted by Gasteiger charge is -2.11. The van der Waals surface area contributed by atoms with Crippen LogP contribution in [0.4, 0.5) is 5.69 Å². The zero-order valence-electron chi connectivity index (χ0n) is 11.5. The van der Waals surface area contributed by atoms with E-state index >= 15 is 0 Å². The third-order valence-electron chi connectivity index (χ3n) is 3.38. The van der Waals surface area contributed by atoms with E-state index in [2.05, 4.69) is 35.4 Å². The molecule has 0 bridgehead atoms. The van der Waals surface area contributed by atoms with Crippen LogP contribution in [0, 0.1) is 6.92 Å². The van der Waals surface area contributed by atoms with Gasteiger partial charge in [0.1, 0.15) is 0 Å². The van der Waals surface area contributed by atoms with Crippen LogP contribution in [-0.4, -0.2) is 4.98 Å². The molecule has 0 aliphatic carbocycles. The number of nitrogens with zero attached hydrogens (tertiary/aromatic N) is 1. The molecule has 0 aliphatic heterocycles. The lowest BCUT2D eigenvalue weighted by molar-refractivity contribution is 1.15. The molecule has 0 unspecified atom stereocenters. The summed E-state index contributed by atoms with van der Waals surface area (Å²) < 4.78 is 0. The number of aromatic nitrogens is 1. The number of hydrogen-bond donors (Lipinski definition) is 1. The van der Waals surface area contributed by atoms with Gasteiger partial charge in [0.25, 0.3) is 0 Å². The molecule has 0 saturated heterocycles. The van der Waals surface area contributed by atoms with Crippen molar-refractivity contribution in [2.45, 2.75) is 13.5 Å². The second-order valence-electron chi connectivity index (χ2n) is 4.96. The first kappa shape index (κ1) is 14.2. The molecule has 0 spiro atoms. The minimum Gasteiger partial charge on any atom is -0.380 e. The molecule has 106 valence electrons. The zero-order valence-corrected chi connectivity index (χ0v) is 13.0. The van der Waals surface area contributed by atoms with Crippen molar-refractivity contribution in [1.82, 2.24) is 4.98 Å². The number of hydrogen-bond acceptors (Lipinski definition) is 2. The molecular weight excluding hydrogens is 303 g/mol. The van der Waals surface area contributed by atoms with E-state index in [9.17, 15) is 0 Å². The summed E-state index contributed by atoms with van der Waals surface area (Å²) >= 11 is 12.1. The molecular formula is C17H14Cl2N2. The Labute approximate surface area is 133 Å². The summed E-state index contributed by atoms with van der Waals surface area (Å²) in [5.41, 5.74) is 4.29. The van der Waals surface area contributed by atoms with Crippen LogP contribution in [0.15, 0.2) is 48.7 Å². The van der Waals surface area contributed by atoms with Gasteiger partial charge in [0.15, 0.2) is 0 Å². The van der Waals surface area contributed by atoms with Crippen LogP contribution in [0.3, 0.4) is 0 Å². The second-order valence-corrected chi connectivity index (χ2v) is 5.83. The van der Waals surface area contributed by atoms with E-state index in [-0.39, 0.29) is 0 Å². The quantitative estimate of drug-likeness (QED) is 0.693. The van der Waals surface area contributed by atoms with Gasteiger partial charge < -0.3 is 5.32 Å². The lowest BCUT2D eigenvalue weighted by Crippen LogP contribution is -2.00. The maximum Gasteiger partial charge on any atom is 0.0751 e. The Morgan fingerprint density at radius 3 is 2.57 bits per heavy atom. The minimum atomic E-state index is 0.648. The molecule has 1 heterocycles. The average Bonchev–Trinajstić information content (AvgIpc) is 2.46. The monoisotopic (exact) mass is 316 g/mol. The predicted octanol–water partition coefficient (Wildman–Crippen LogP) is 5.46. The molecule has 0 atom stereocenters. The molecule has 21 heavy (non-hydrogen) atoms. The van der Waals surface area contributed by atoms with E-state index in [1.807, 2.05) is 24.4 Å². The molecule has 2 nitrogen and oxygen atoms in total.